The van der Waals surface area contributed by atoms with Crippen LogP contribution in [0.15, 0.2) is 40.5 Å². The zero-order valence-corrected chi connectivity index (χ0v) is 26.5. The van der Waals surface area contributed by atoms with Crippen molar-refractivity contribution >= 4 is 50.8 Å². The third-order valence-electron chi connectivity index (χ3n) is 7.89. The highest BCUT2D eigenvalue weighted by Crippen LogP contribution is 2.36. The normalized spacial score (nSPS) is 16.5. The Kier molecular flexibility index (Phi) is 10.1. The number of fused-ring (bicyclic) bond motifs is 1. The molecule has 2 aliphatic heterocycles. The lowest BCUT2D eigenvalue weighted by Gasteiger charge is -2.26. The summed E-state index contributed by atoms with van der Waals surface area (Å²) in [5, 5.41) is 18.8. The van der Waals surface area contributed by atoms with Crippen LogP contribution in [0.1, 0.15) is 31.7 Å². The standard InChI is InChI=1S/C31H32F2N8O6S/c32-21-5-4-19(23-17-48-31(36-23)40-11-13-46-14-12-40)28(27(21)33)47-16-26(43)35-10-2-1-9-34-18-3-6-22-20(15-18)30(45)41(39-38-22)24-7-8-25(42)37-29(24)44/h3-6,15,17,24,34H,1-2,7-14,16H2,(H,35,43)(H,37,42,44). The molecule has 0 saturated carbocycles. The molecule has 1 unspecified atom stereocenters. The smallest absolute Gasteiger partial charge is 0.278 e. The Morgan fingerprint density at radius 2 is 1.92 bits per heavy atom. The number of ether oxygens (including phenoxy) is 2. The first-order valence-electron chi connectivity index (χ1n) is 15.4. The van der Waals surface area contributed by atoms with E-state index in [-0.39, 0.29) is 29.5 Å². The average Bonchev–Trinajstić information content (AvgIpc) is 3.58. The van der Waals surface area contributed by atoms with E-state index < -0.39 is 47.6 Å². The second kappa shape index (κ2) is 14.8. The summed E-state index contributed by atoms with van der Waals surface area (Å²) in [5.74, 6) is -4.13. The van der Waals surface area contributed by atoms with Crippen LogP contribution in [-0.4, -0.2) is 83.7 Å². The number of carbonyl (C=O) groups excluding carboxylic acids is 3. The minimum atomic E-state index is -1.19. The number of thiazole rings is 1. The number of rotatable bonds is 12. The van der Waals surface area contributed by atoms with Crippen LogP contribution in [0, 0.1) is 11.6 Å². The quantitative estimate of drug-likeness (QED) is 0.148. The van der Waals surface area contributed by atoms with E-state index in [1.807, 2.05) is 0 Å². The van der Waals surface area contributed by atoms with Gasteiger partial charge >= 0.3 is 0 Å². The summed E-state index contributed by atoms with van der Waals surface area (Å²) in [7, 11) is 0. The first-order chi connectivity index (χ1) is 23.3. The highest BCUT2D eigenvalue weighted by Gasteiger charge is 2.30. The van der Waals surface area contributed by atoms with Gasteiger partial charge in [0.05, 0.1) is 24.3 Å². The number of nitrogens with zero attached hydrogens (tertiary/aromatic N) is 5. The molecular weight excluding hydrogens is 650 g/mol. The van der Waals surface area contributed by atoms with E-state index in [0.717, 1.165) is 15.9 Å². The number of anilines is 2. The lowest BCUT2D eigenvalue weighted by Crippen LogP contribution is -2.45. The van der Waals surface area contributed by atoms with Crippen molar-refractivity contribution in [3.8, 4) is 17.0 Å². The number of carbonyl (C=O) groups is 3. The predicted octanol–water partition coefficient (Wildman–Crippen LogP) is 2.39. The van der Waals surface area contributed by atoms with Gasteiger partial charge in [-0.2, -0.15) is 9.07 Å². The topological polar surface area (TPSA) is 170 Å². The molecule has 0 radical (unpaired) electrons. The summed E-state index contributed by atoms with van der Waals surface area (Å²) in [6.07, 6.45) is 1.53. The molecule has 17 heteroatoms. The first kappa shape index (κ1) is 32.9. The predicted molar refractivity (Wildman–Crippen MR) is 172 cm³/mol. The molecular formula is C31H32F2N8O6S. The van der Waals surface area contributed by atoms with Gasteiger partial charge in [-0.05, 0) is 49.6 Å². The number of benzene rings is 2. The molecule has 48 heavy (non-hydrogen) atoms. The molecule has 2 saturated heterocycles. The number of halogens is 2. The number of unbranched alkanes of at least 4 members (excludes halogenated alkanes) is 1. The second-order valence-corrected chi connectivity index (χ2v) is 12.0. The van der Waals surface area contributed by atoms with Crippen molar-refractivity contribution in [3.63, 3.8) is 0 Å². The van der Waals surface area contributed by atoms with E-state index >= 15 is 0 Å². The molecule has 2 aromatic carbocycles. The third kappa shape index (κ3) is 7.41. The SMILES string of the molecule is O=C(COc1c(-c2csc(N3CCOCC3)n2)ccc(F)c1F)NCCCCNc1ccc2nnn(C3CCC(=O)NC3=O)c(=O)c2c1. The Balaban J connectivity index is 0.975. The van der Waals surface area contributed by atoms with Crippen molar-refractivity contribution in [1.82, 2.24) is 30.6 Å². The van der Waals surface area contributed by atoms with Gasteiger partial charge in [-0.15, -0.1) is 16.4 Å². The molecule has 1 atom stereocenters. The van der Waals surface area contributed by atoms with Crippen LogP contribution >= 0.6 is 11.3 Å². The molecule has 0 aliphatic carbocycles. The summed E-state index contributed by atoms with van der Waals surface area (Å²) < 4.78 is 40.8. The van der Waals surface area contributed by atoms with Crippen LogP contribution in [0.25, 0.3) is 22.2 Å². The van der Waals surface area contributed by atoms with Crippen molar-refractivity contribution in [2.75, 3.05) is 56.2 Å². The highest BCUT2D eigenvalue weighted by molar-refractivity contribution is 7.14. The Hall–Kier alpha value is -5.03. The molecule has 3 amide bonds. The maximum absolute atomic E-state index is 14.8. The van der Waals surface area contributed by atoms with E-state index in [1.54, 1.807) is 23.6 Å². The molecule has 2 aliphatic rings. The zero-order chi connectivity index (χ0) is 33.6. The molecule has 252 valence electrons. The van der Waals surface area contributed by atoms with Gasteiger partial charge in [0, 0.05) is 49.2 Å². The fourth-order valence-corrected chi connectivity index (χ4v) is 6.23. The number of piperidine rings is 1. The fraction of sp³-hybridized carbons (Fsp3) is 0.387. The summed E-state index contributed by atoms with van der Waals surface area (Å²) >= 11 is 1.38. The number of hydrogen-bond acceptors (Lipinski definition) is 12. The molecule has 2 aromatic heterocycles. The van der Waals surface area contributed by atoms with Crippen LogP contribution in [0.4, 0.5) is 19.6 Å². The number of hydrogen-bond donors (Lipinski definition) is 3. The van der Waals surface area contributed by atoms with Gasteiger partial charge in [-0.25, -0.2) is 9.37 Å². The van der Waals surface area contributed by atoms with Crippen LogP contribution in [0.5, 0.6) is 5.75 Å². The van der Waals surface area contributed by atoms with Gasteiger partial charge in [0.25, 0.3) is 17.4 Å². The molecule has 0 bridgehead atoms. The minimum absolute atomic E-state index is 0.105. The van der Waals surface area contributed by atoms with E-state index in [2.05, 4.69) is 36.1 Å². The monoisotopic (exact) mass is 682 g/mol. The van der Waals surface area contributed by atoms with Gasteiger partial charge in [-0.3, -0.25) is 24.5 Å². The van der Waals surface area contributed by atoms with Crippen LogP contribution in [0.2, 0.25) is 0 Å². The summed E-state index contributed by atoms with van der Waals surface area (Å²) in [6.45, 7) is 2.86. The molecule has 0 spiro atoms. The highest BCUT2D eigenvalue weighted by atomic mass is 32.1. The van der Waals surface area contributed by atoms with Gasteiger partial charge < -0.3 is 25.0 Å². The largest absolute Gasteiger partial charge is 0.480 e. The van der Waals surface area contributed by atoms with E-state index in [9.17, 15) is 28.0 Å². The Morgan fingerprint density at radius 1 is 1.10 bits per heavy atom. The van der Waals surface area contributed by atoms with Crippen molar-refractivity contribution < 1.29 is 32.6 Å². The van der Waals surface area contributed by atoms with Crippen LogP contribution in [-0.2, 0) is 19.1 Å². The average molecular weight is 683 g/mol. The maximum atomic E-state index is 14.8. The molecule has 6 rings (SSSR count). The van der Waals surface area contributed by atoms with Gasteiger partial charge in [0.1, 0.15) is 11.6 Å². The Morgan fingerprint density at radius 3 is 2.73 bits per heavy atom. The lowest BCUT2D eigenvalue weighted by molar-refractivity contribution is -0.136. The summed E-state index contributed by atoms with van der Waals surface area (Å²) in [5.41, 5.74) is 1.21. The fourth-order valence-electron chi connectivity index (χ4n) is 5.35. The number of aromatic nitrogens is 4. The summed E-state index contributed by atoms with van der Waals surface area (Å²) in [6, 6.07) is 6.50. The number of morpholine rings is 1. The summed E-state index contributed by atoms with van der Waals surface area (Å²) in [4.78, 5) is 55.9. The minimum Gasteiger partial charge on any atom is -0.480 e. The van der Waals surface area contributed by atoms with Gasteiger partial charge in [-0.1, -0.05) is 5.21 Å². The maximum Gasteiger partial charge on any atom is 0.278 e. The number of imide groups is 1. The van der Waals surface area contributed by atoms with E-state index in [4.69, 9.17) is 9.47 Å². The molecule has 14 nitrogen and oxygen atoms in total. The van der Waals surface area contributed by atoms with E-state index in [0.29, 0.717) is 69.1 Å². The molecule has 2 fully saturated rings. The molecule has 3 N–H and O–H groups in total. The van der Waals surface area contributed by atoms with Gasteiger partial charge in [0.15, 0.2) is 23.3 Å². The first-order valence-corrected chi connectivity index (χ1v) is 16.3. The Labute approximate surface area is 276 Å². The van der Waals surface area contributed by atoms with Crippen LogP contribution in [0.3, 0.4) is 0 Å². The lowest BCUT2D eigenvalue weighted by atomic mass is 10.1. The van der Waals surface area contributed by atoms with E-state index in [1.165, 1.54) is 17.4 Å². The third-order valence-corrected chi connectivity index (χ3v) is 8.79. The Bertz CT molecular complexity index is 1900. The zero-order valence-electron chi connectivity index (χ0n) is 25.7. The molecule has 4 heterocycles. The van der Waals surface area contributed by atoms with Crippen molar-refractivity contribution in [2.24, 2.45) is 0 Å². The van der Waals surface area contributed by atoms with Crippen LogP contribution < -0.4 is 31.1 Å². The van der Waals surface area contributed by atoms with Crippen molar-refractivity contribution in [2.45, 2.75) is 31.7 Å². The van der Waals surface area contributed by atoms with Crippen molar-refractivity contribution in [3.05, 3.63) is 57.7 Å². The van der Waals surface area contributed by atoms with Gasteiger partial charge in [0.2, 0.25) is 11.7 Å². The number of nitrogens with one attached hydrogen (secondary N) is 3. The van der Waals surface area contributed by atoms with Crippen molar-refractivity contribution in [1.29, 1.82) is 0 Å². The molecule has 4 aromatic rings. The second-order valence-electron chi connectivity index (χ2n) is 11.2. The number of amides is 3.